The number of fused-ring (bicyclic) bond motifs is 1. The van der Waals surface area contributed by atoms with Crippen LogP contribution in [0.2, 0.25) is 0 Å². The summed E-state index contributed by atoms with van der Waals surface area (Å²) in [6.07, 6.45) is 6.19. The van der Waals surface area contributed by atoms with Gasteiger partial charge < -0.3 is 0 Å². The van der Waals surface area contributed by atoms with Gasteiger partial charge in [0.1, 0.15) is 5.82 Å². The molecule has 0 spiro atoms. The van der Waals surface area contributed by atoms with E-state index >= 15 is 0 Å². The molecule has 3 heterocycles. The van der Waals surface area contributed by atoms with Crippen molar-refractivity contribution in [3.05, 3.63) is 90.3 Å². The van der Waals surface area contributed by atoms with Crippen LogP contribution in [0.1, 0.15) is 11.4 Å². The van der Waals surface area contributed by atoms with Gasteiger partial charge >= 0.3 is 181 Å². The van der Waals surface area contributed by atoms with Crippen molar-refractivity contribution in [2.24, 2.45) is 5.73 Å². The zero-order chi connectivity index (χ0) is 21.8. The summed E-state index contributed by atoms with van der Waals surface area (Å²) in [5.74, 6) is 0.634. The first-order chi connectivity index (χ1) is 15.1. The molecule has 4 aromatic rings. The van der Waals surface area contributed by atoms with Crippen LogP contribution in [0.4, 0.5) is 4.39 Å². The SMILES string of the molecule is NC=C(/C=C\[CH]=[Ni])c1nc2ccc(-c3ccc(F)cn3)nc2n1-c1ccc(CCl)cc1. The van der Waals surface area contributed by atoms with Crippen LogP contribution >= 0.6 is 11.6 Å². The summed E-state index contributed by atoms with van der Waals surface area (Å²) in [5.41, 5.74) is 10.9. The standard InChI is InChI=1S/C23H17ClFN5.Ni/c1-2-3-16(13-26)22-29-21-11-10-20(19-9-6-17(25)14-27-19)28-23(21)30(22)18-7-4-15(12-24)5-8-18;/h1-11,13-14H,12,26H2;/b3-2-,16-13?;. The van der Waals surface area contributed by atoms with Crippen LogP contribution in [0.3, 0.4) is 0 Å². The van der Waals surface area contributed by atoms with Crippen LogP contribution in [0, 0.1) is 5.82 Å². The molecule has 1 aromatic carbocycles. The Kier molecular flexibility index (Phi) is 6.35. The average Bonchev–Trinajstić information content (AvgIpc) is 3.18. The average molecular weight is 477 g/mol. The van der Waals surface area contributed by atoms with E-state index in [9.17, 15) is 4.39 Å². The number of hydrogen-bond acceptors (Lipinski definition) is 4. The van der Waals surface area contributed by atoms with Gasteiger partial charge in [0.2, 0.25) is 0 Å². The molecule has 8 heteroatoms. The molecule has 0 atom stereocenters. The molecule has 3 aromatic heterocycles. The van der Waals surface area contributed by atoms with Gasteiger partial charge in [-0.05, 0) is 0 Å². The van der Waals surface area contributed by atoms with Crippen LogP contribution in [-0.2, 0) is 20.9 Å². The predicted octanol–water partition coefficient (Wildman–Crippen LogP) is 4.57. The number of alkyl halides is 1. The van der Waals surface area contributed by atoms with E-state index in [2.05, 4.69) is 20.0 Å². The van der Waals surface area contributed by atoms with Crippen molar-refractivity contribution < 1.29 is 19.4 Å². The number of hydrogen-bond donors (Lipinski definition) is 1. The van der Waals surface area contributed by atoms with Gasteiger partial charge in [0.25, 0.3) is 0 Å². The number of aromatic nitrogens is 4. The van der Waals surface area contributed by atoms with Gasteiger partial charge in [-0.25, -0.2) is 4.39 Å². The number of rotatable bonds is 6. The minimum atomic E-state index is -0.402. The van der Waals surface area contributed by atoms with E-state index in [-0.39, 0.29) is 0 Å². The first-order valence-corrected chi connectivity index (χ1v) is 10.4. The Morgan fingerprint density at radius 3 is 2.48 bits per heavy atom. The van der Waals surface area contributed by atoms with Crippen LogP contribution < -0.4 is 5.73 Å². The van der Waals surface area contributed by atoms with Gasteiger partial charge in [-0.2, -0.15) is 0 Å². The Morgan fingerprint density at radius 1 is 1.06 bits per heavy atom. The Morgan fingerprint density at radius 2 is 1.84 bits per heavy atom. The normalized spacial score (nSPS) is 12.1. The van der Waals surface area contributed by atoms with Gasteiger partial charge in [0.05, 0.1) is 0 Å². The fraction of sp³-hybridized carbons (Fsp3) is 0.0435. The summed E-state index contributed by atoms with van der Waals surface area (Å²) in [6.45, 7) is 0. The van der Waals surface area contributed by atoms with E-state index in [1.165, 1.54) is 18.5 Å². The monoisotopic (exact) mass is 475 g/mol. The fourth-order valence-corrected chi connectivity index (χ4v) is 3.41. The molecule has 0 radical (unpaired) electrons. The molecule has 0 saturated heterocycles. The van der Waals surface area contributed by atoms with Gasteiger partial charge in [-0.15, -0.1) is 0 Å². The Labute approximate surface area is 191 Å². The number of benzene rings is 1. The number of allylic oxidation sites excluding steroid dienone is 3. The number of halogens is 2. The molecule has 31 heavy (non-hydrogen) atoms. The second kappa shape index (κ2) is 9.33. The van der Waals surface area contributed by atoms with Crippen molar-refractivity contribution in [1.29, 1.82) is 0 Å². The van der Waals surface area contributed by atoms with E-state index in [0.717, 1.165) is 11.3 Å². The molecule has 2 N–H and O–H groups in total. The third-order valence-electron chi connectivity index (χ3n) is 4.62. The fourth-order valence-electron chi connectivity index (χ4n) is 3.14. The second-order valence-corrected chi connectivity index (χ2v) is 7.15. The van der Waals surface area contributed by atoms with E-state index in [4.69, 9.17) is 27.3 Å². The minimum absolute atomic E-state index is 0.402. The number of nitrogens with zero attached hydrogens (tertiary/aromatic N) is 4. The summed E-state index contributed by atoms with van der Waals surface area (Å²) in [7, 11) is 0. The number of nitrogens with two attached hydrogens (primary N) is 1. The van der Waals surface area contributed by atoms with Gasteiger partial charge in [-0.3, -0.25) is 0 Å². The van der Waals surface area contributed by atoms with E-state index in [0.29, 0.717) is 39.8 Å². The molecule has 4 rings (SSSR count). The molecule has 0 amide bonds. The van der Waals surface area contributed by atoms with E-state index in [1.807, 2.05) is 34.9 Å². The van der Waals surface area contributed by atoms with Crippen molar-refractivity contribution in [3.8, 4) is 17.1 Å². The first kappa shape index (κ1) is 21.1. The van der Waals surface area contributed by atoms with Crippen molar-refractivity contribution in [1.82, 2.24) is 19.5 Å². The Hall–Kier alpha value is -3.15. The molecule has 0 bridgehead atoms. The van der Waals surface area contributed by atoms with Gasteiger partial charge in [-0.1, -0.05) is 0 Å². The van der Waals surface area contributed by atoms with Crippen LogP contribution in [-0.4, -0.2) is 24.5 Å². The zero-order valence-corrected chi connectivity index (χ0v) is 17.9. The van der Waals surface area contributed by atoms with E-state index < -0.39 is 5.82 Å². The van der Waals surface area contributed by atoms with E-state index in [1.54, 1.807) is 29.3 Å². The van der Waals surface area contributed by atoms with Crippen molar-refractivity contribution in [3.63, 3.8) is 0 Å². The molecule has 5 nitrogen and oxygen atoms in total. The molecule has 0 saturated carbocycles. The molecular formula is C23H17ClFN5Ni. The van der Waals surface area contributed by atoms with Gasteiger partial charge in [0, 0.05) is 0 Å². The molecule has 0 fully saturated rings. The van der Waals surface area contributed by atoms with Crippen molar-refractivity contribution >= 4 is 33.3 Å². The van der Waals surface area contributed by atoms with Crippen LogP contribution in [0.5, 0.6) is 0 Å². The number of imidazole rings is 1. The predicted molar refractivity (Wildman–Crippen MR) is 119 cm³/mol. The third kappa shape index (κ3) is 4.34. The third-order valence-corrected chi connectivity index (χ3v) is 5.12. The van der Waals surface area contributed by atoms with Crippen molar-refractivity contribution in [2.45, 2.75) is 5.88 Å². The summed E-state index contributed by atoms with van der Waals surface area (Å²) < 4.78 is 15.2. The summed E-state index contributed by atoms with van der Waals surface area (Å²) in [5, 5.41) is 0. The molecule has 158 valence electrons. The maximum atomic E-state index is 13.3. The molecule has 0 unspecified atom stereocenters. The summed E-state index contributed by atoms with van der Waals surface area (Å²) >= 11 is 10.6. The summed E-state index contributed by atoms with van der Waals surface area (Å²) in [4.78, 5) is 15.2. The summed E-state index contributed by atoms with van der Waals surface area (Å²) in [6, 6.07) is 14.4. The Balaban J connectivity index is 1.96. The zero-order valence-electron chi connectivity index (χ0n) is 16.2. The van der Waals surface area contributed by atoms with Crippen LogP contribution in [0.25, 0.3) is 33.8 Å². The molecule has 0 aliphatic heterocycles. The number of pyridine rings is 2. The van der Waals surface area contributed by atoms with Crippen molar-refractivity contribution in [2.75, 3.05) is 0 Å². The first-order valence-electron chi connectivity index (χ1n) is 9.30. The maximum absolute atomic E-state index is 13.3. The topological polar surface area (TPSA) is 69.6 Å². The second-order valence-electron chi connectivity index (χ2n) is 6.56. The Bertz CT molecular complexity index is 1290. The quantitative estimate of drug-likeness (QED) is 0.252. The van der Waals surface area contributed by atoms with Crippen LogP contribution in [0.15, 0.2) is 73.1 Å². The van der Waals surface area contributed by atoms with Gasteiger partial charge in [0.15, 0.2) is 0 Å². The molecule has 0 aliphatic carbocycles. The molecule has 0 aliphatic rings. The molecular weight excluding hydrogens is 459 g/mol.